The van der Waals surface area contributed by atoms with Gasteiger partial charge in [0.15, 0.2) is 18.7 Å². The molecule has 16 atom stereocenters. The number of methoxy groups -OCH3 is 1. The van der Waals surface area contributed by atoms with Crippen LogP contribution >= 0.6 is 0 Å². The molecule has 0 amide bonds. The number of aliphatic hydroxyl groups is 2. The van der Waals surface area contributed by atoms with Gasteiger partial charge in [0, 0.05) is 58.5 Å². The summed E-state index contributed by atoms with van der Waals surface area (Å²) in [6.45, 7) is 14.5. The third-order valence-electron chi connectivity index (χ3n) is 12.3. The highest BCUT2D eigenvalue weighted by atomic mass is 16.7. The molecule has 0 radical (unpaired) electrons. The fourth-order valence-electron chi connectivity index (χ4n) is 9.40. The van der Waals surface area contributed by atoms with E-state index in [1.54, 1.807) is 52.9 Å². The van der Waals surface area contributed by atoms with E-state index in [4.69, 9.17) is 37.9 Å². The maximum atomic E-state index is 13.5. The van der Waals surface area contributed by atoms with Gasteiger partial charge in [0.1, 0.15) is 42.4 Å². The lowest BCUT2D eigenvalue weighted by Gasteiger charge is -2.50. The van der Waals surface area contributed by atoms with E-state index in [1.165, 1.54) is 14.0 Å². The third-order valence-corrected chi connectivity index (χ3v) is 12.3. The van der Waals surface area contributed by atoms with Crippen molar-refractivity contribution in [1.29, 1.82) is 0 Å². The SMILES string of the molecule is CO[C@@H]1[C@@H](O[C@@H]2O[C@H](C)C(O[C@H]3C[C@@](C)(O)[C@@H](OC(=O)CC(C)C)[C@H](C)O3)[C@H](N(C)C)[C@H]2O)[C@@H](CC=O)C[C@@H](C)[C@@H](N(C)Cc2ccccn2)/C=C/C[C@@H](C)OC(=O)C[C@H]1OC(C)=O. The van der Waals surface area contributed by atoms with Crippen LogP contribution in [-0.2, 0) is 63.6 Å². The van der Waals surface area contributed by atoms with Gasteiger partial charge in [-0.1, -0.05) is 39.0 Å². The van der Waals surface area contributed by atoms with Crippen LogP contribution < -0.4 is 0 Å². The first-order chi connectivity index (χ1) is 30.1. The number of aldehydes is 1. The predicted molar refractivity (Wildman–Crippen MR) is 234 cm³/mol. The largest absolute Gasteiger partial charge is 0.462 e. The number of likely N-dealkylation sites (N-methyl/N-ethyl adjacent to an activating group) is 2. The van der Waals surface area contributed by atoms with E-state index in [0.717, 1.165) is 12.0 Å². The maximum Gasteiger partial charge on any atom is 0.309 e. The molecule has 1 aromatic heterocycles. The van der Waals surface area contributed by atoms with Crippen molar-refractivity contribution in [1.82, 2.24) is 14.8 Å². The maximum absolute atomic E-state index is 13.5. The van der Waals surface area contributed by atoms with Gasteiger partial charge in [-0.3, -0.25) is 24.3 Å². The number of hydrogen-bond acceptors (Lipinski definition) is 17. The van der Waals surface area contributed by atoms with Gasteiger partial charge in [-0.2, -0.15) is 0 Å². The minimum absolute atomic E-state index is 0.00432. The molecule has 0 aliphatic carbocycles. The molecule has 1 unspecified atom stereocenters. The molecular formula is C47H75N3O14. The molecule has 4 heterocycles. The number of nitrogens with zero attached hydrogens (tertiary/aromatic N) is 3. The summed E-state index contributed by atoms with van der Waals surface area (Å²) in [7, 11) is 6.96. The van der Waals surface area contributed by atoms with Crippen LogP contribution in [0.25, 0.3) is 0 Å². The van der Waals surface area contributed by atoms with Gasteiger partial charge < -0.3 is 57.8 Å². The van der Waals surface area contributed by atoms with E-state index in [2.05, 4.69) is 22.9 Å². The molecule has 2 N–H and O–H groups in total. The van der Waals surface area contributed by atoms with Crippen molar-refractivity contribution in [3.8, 4) is 0 Å². The second-order valence-corrected chi connectivity index (χ2v) is 18.8. The van der Waals surface area contributed by atoms with Crippen LogP contribution in [0.1, 0.15) is 99.6 Å². The zero-order chi connectivity index (χ0) is 47.5. The van der Waals surface area contributed by atoms with E-state index in [1.807, 2.05) is 45.2 Å². The number of hydrogen-bond donors (Lipinski definition) is 2. The van der Waals surface area contributed by atoms with Crippen LogP contribution in [0.5, 0.6) is 0 Å². The first-order valence-electron chi connectivity index (χ1n) is 22.6. The molecular weight excluding hydrogens is 831 g/mol. The Kier molecular flexibility index (Phi) is 20.3. The minimum Gasteiger partial charge on any atom is -0.462 e. The fraction of sp³-hybridized carbons (Fsp3) is 0.766. The Morgan fingerprint density at radius 3 is 2.34 bits per heavy atom. The van der Waals surface area contributed by atoms with Crippen molar-refractivity contribution in [3.63, 3.8) is 0 Å². The molecule has 3 aliphatic heterocycles. The fourth-order valence-corrected chi connectivity index (χ4v) is 9.40. The van der Waals surface area contributed by atoms with E-state index >= 15 is 0 Å². The van der Waals surface area contributed by atoms with Gasteiger partial charge >= 0.3 is 17.9 Å². The Bertz CT molecular complexity index is 1660. The second-order valence-electron chi connectivity index (χ2n) is 18.8. The highest BCUT2D eigenvalue weighted by Gasteiger charge is 2.53. The quantitative estimate of drug-likeness (QED) is 0.111. The van der Waals surface area contributed by atoms with Crippen LogP contribution in [0.2, 0.25) is 0 Å². The number of esters is 3. The molecule has 0 spiro atoms. The Balaban J connectivity index is 1.68. The smallest absolute Gasteiger partial charge is 0.309 e. The molecule has 0 saturated carbocycles. The lowest BCUT2D eigenvalue weighted by atomic mass is 9.81. The second kappa shape index (κ2) is 24.4. The third kappa shape index (κ3) is 14.8. The summed E-state index contributed by atoms with van der Waals surface area (Å²) in [5, 5.41) is 23.8. The minimum atomic E-state index is -1.50. The van der Waals surface area contributed by atoms with Crippen LogP contribution in [0.15, 0.2) is 36.5 Å². The van der Waals surface area contributed by atoms with E-state index in [-0.39, 0.29) is 43.6 Å². The molecule has 3 aliphatic rings. The summed E-state index contributed by atoms with van der Waals surface area (Å²) >= 11 is 0. The number of aliphatic hydroxyl groups excluding tert-OH is 1. The first-order valence-corrected chi connectivity index (χ1v) is 22.6. The molecule has 64 heavy (non-hydrogen) atoms. The molecule has 0 aromatic carbocycles. The Morgan fingerprint density at radius 2 is 1.75 bits per heavy atom. The highest BCUT2D eigenvalue weighted by Crippen LogP contribution is 2.38. The Labute approximate surface area is 379 Å². The Morgan fingerprint density at radius 1 is 1.03 bits per heavy atom. The zero-order valence-corrected chi connectivity index (χ0v) is 39.9. The van der Waals surface area contributed by atoms with Crippen molar-refractivity contribution in [3.05, 3.63) is 42.2 Å². The molecule has 362 valence electrons. The number of rotatable bonds is 15. The van der Waals surface area contributed by atoms with Crippen LogP contribution in [0, 0.1) is 17.8 Å². The average molecular weight is 906 g/mol. The van der Waals surface area contributed by atoms with Crippen LogP contribution in [0.3, 0.4) is 0 Å². The van der Waals surface area contributed by atoms with Gasteiger partial charge in [0.25, 0.3) is 0 Å². The van der Waals surface area contributed by atoms with Crippen molar-refractivity contribution >= 4 is 24.2 Å². The van der Waals surface area contributed by atoms with E-state index in [9.17, 15) is 29.4 Å². The molecule has 2 saturated heterocycles. The summed E-state index contributed by atoms with van der Waals surface area (Å²) in [6, 6.07) is 4.81. The predicted octanol–water partition coefficient (Wildman–Crippen LogP) is 3.99. The van der Waals surface area contributed by atoms with Crippen LogP contribution in [-0.4, -0.2) is 163 Å². The summed E-state index contributed by atoms with van der Waals surface area (Å²) in [5.74, 6) is -2.36. The van der Waals surface area contributed by atoms with E-state index in [0.29, 0.717) is 19.4 Å². The van der Waals surface area contributed by atoms with Crippen molar-refractivity contribution in [2.45, 2.75) is 186 Å². The summed E-state index contributed by atoms with van der Waals surface area (Å²) in [5.41, 5.74) is -0.624. The molecule has 4 rings (SSSR count). The normalized spacial score (nSPS) is 37.4. The Hall–Kier alpha value is -3.39. The summed E-state index contributed by atoms with van der Waals surface area (Å²) in [4.78, 5) is 59.8. The van der Waals surface area contributed by atoms with Gasteiger partial charge in [0.2, 0.25) is 0 Å². The van der Waals surface area contributed by atoms with Crippen molar-refractivity contribution < 1.29 is 67.3 Å². The zero-order valence-electron chi connectivity index (χ0n) is 39.9. The van der Waals surface area contributed by atoms with Crippen molar-refractivity contribution in [2.24, 2.45) is 17.8 Å². The highest BCUT2D eigenvalue weighted by molar-refractivity contribution is 5.72. The number of ether oxygens (including phenoxy) is 8. The molecule has 1 aromatic rings. The molecule has 0 bridgehead atoms. The monoisotopic (exact) mass is 906 g/mol. The number of aromatic nitrogens is 1. The standard InChI is InChI=1S/C47H75N3O14/c1-27(2)22-37(53)62-45-31(6)59-39(25-47(45,8)56)63-42-30(5)60-46(41(55)40(42)49(9)10)64-43-33(19-21-51)23-28(3)35(50(11)26-34-17-13-14-20-48-34)18-15-16-29(4)58-38(54)24-36(44(43)57-12)61-32(7)52/h13-15,17-18,20-21,27-31,33,35-36,39-46,55-56H,16,19,22-26H2,1-12H3/b18-15+/t28-,29-,30-,31+,33+,35+,36-,39+,40-,41-,42?,43+,44+,45+,46+,47-/m1/s1. The average Bonchev–Trinajstić information content (AvgIpc) is 3.18. The molecule has 2 fully saturated rings. The van der Waals surface area contributed by atoms with Gasteiger partial charge in [-0.05, 0) is 85.1 Å². The van der Waals surface area contributed by atoms with Crippen LogP contribution in [0.4, 0.5) is 0 Å². The van der Waals surface area contributed by atoms with E-state index < -0.39 is 103 Å². The topological polar surface area (TPSA) is 202 Å². The molecule has 17 heteroatoms. The molecule has 17 nitrogen and oxygen atoms in total. The van der Waals surface area contributed by atoms with Gasteiger partial charge in [-0.25, -0.2) is 0 Å². The summed E-state index contributed by atoms with van der Waals surface area (Å²) < 4.78 is 49.4. The van der Waals surface area contributed by atoms with Gasteiger partial charge in [0.05, 0.1) is 36.5 Å². The number of pyridine rings is 1. The van der Waals surface area contributed by atoms with Gasteiger partial charge in [-0.15, -0.1) is 0 Å². The number of carbonyl (C=O) groups is 4. The number of carbonyl (C=O) groups excluding carboxylic acids is 4. The van der Waals surface area contributed by atoms with Crippen molar-refractivity contribution in [2.75, 3.05) is 28.3 Å². The number of cyclic esters (lactones) is 1. The lowest BCUT2D eigenvalue weighted by molar-refractivity contribution is -0.344. The first kappa shape index (κ1) is 53.2. The lowest BCUT2D eigenvalue weighted by Crippen LogP contribution is -2.66. The summed E-state index contributed by atoms with van der Waals surface area (Å²) in [6.07, 6.45) is -3.57.